The largest absolute Gasteiger partial charge is 0.492 e. The Kier molecular flexibility index (Phi) is 8.14. The highest BCUT2D eigenvalue weighted by atomic mass is 16.6. The van der Waals surface area contributed by atoms with Gasteiger partial charge < -0.3 is 19.7 Å². The number of nitrogens with one attached hydrogen (secondary N) is 1. The van der Waals surface area contributed by atoms with Crippen LogP contribution >= 0.6 is 0 Å². The third-order valence-corrected chi connectivity index (χ3v) is 2.81. The molecule has 0 heterocycles. The second-order valence-corrected chi connectivity index (χ2v) is 6.66. The SMILES string of the molecule is CN(C)CCOc1ccc(C#CCCNC(=O)OC(C)(C)C)cc1. The molecule has 1 N–H and O–H groups in total. The topological polar surface area (TPSA) is 50.8 Å². The molecule has 132 valence electrons. The first-order valence-electron chi connectivity index (χ1n) is 8.09. The molecule has 1 amide bonds. The Morgan fingerprint density at radius 1 is 1.21 bits per heavy atom. The van der Waals surface area contributed by atoms with Crippen LogP contribution < -0.4 is 10.1 Å². The summed E-state index contributed by atoms with van der Waals surface area (Å²) < 4.78 is 10.8. The van der Waals surface area contributed by atoms with Crippen LogP contribution in [0.4, 0.5) is 4.79 Å². The van der Waals surface area contributed by atoms with Gasteiger partial charge in [-0.1, -0.05) is 11.8 Å². The molecule has 1 aromatic carbocycles. The quantitative estimate of drug-likeness (QED) is 0.643. The Morgan fingerprint density at radius 3 is 2.46 bits per heavy atom. The van der Waals surface area contributed by atoms with Gasteiger partial charge in [0, 0.05) is 25.1 Å². The minimum absolute atomic E-state index is 0.413. The van der Waals surface area contributed by atoms with E-state index < -0.39 is 11.7 Å². The van der Waals surface area contributed by atoms with Crippen molar-refractivity contribution >= 4 is 6.09 Å². The molecule has 0 aliphatic heterocycles. The van der Waals surface area contributed by atoms with Crippen LogP contribution in [0.2, 0.25) is 0 Å². The highest BCUT2D eigenvalue weighted by Gasteiger charge is 2.15. The Labute approximate surface area is 145 Å². The van der Waals surface area contributed by atoms with Crippen molar-refractivity contribution in [1.82, 2.24) is 10.2 Å². The molecule has 1 rings (SSSR count). The van der Waals surface area contributed by atoms with Gasteiger partial charge in [-0.3, -0.25) is 0 Å². The maximum Gasteiger partial charge on any atom is 0.407 e. The van der Waals surface area contributed by atoms with E-state index in [1.807, 2.05) is 59.1 Å². The number of benzene rings is 1. The Bertz CT molecular complexity index is 563. The number of carbonyl (C=O) groups is 1. The summed E-state index contributed by atoms with van der Waals surface area (Å²) in [5.74, 6) is 6.93. The van der Waals surface area contributed by atoms with Crippen LogP contribution in [0.25, 0.3) is 0 Å². The number of amides is 1. The van der Waals surface area contributed by atoms with Crippen molar-refractivity contribution in [2.45, 2.75) is 32.8 Å². The average molecular weight is 332 g/mol. The van der Waals surface area contributed by atoms with Crippen molar-refractivity contribution < 1.29 is 14.3 Å². The van der Waals surface area contributed by atoms with Gasteiger partial charge in [0.2, 0.25) is 0 Å². The predicted octanol–water partition coefficient (Wildman–Crippen LogP) is 2.89. The molecule has 5 nitrogen and oxygen atoms in total. The maximum atomic E-state index is 11.5. The van der Waals surface area contributed by atoms with E-state index in [0.717, 1.165) is 17.9 Å². The lowest BCUT2D eigenvalue weighted by atomic mass is 10.2. The van der Waals surface area contributed by atoms with E-state index in [0.29, 0.717) is 19.6 Å². The van der Waals surface area contributed by atoms with Crippen LogP contribution in [0.1, 0.15) is 32.8 Å². The molecule has 0 aliphatic carbocycles. The smallest absolute Gasteiger partial charge is 0.407 e. The fourth-order valence-corrected chi connectivity index (χ4v) is 1.69. The van der Waals surface area contributed by atoms with Gasteiger partial charge in [0.05, 0.1) is 0 Å². The summed E-state index contributed by atoms with van der Waals surface area (Å²) in [6, 6.07) is 7.69. The van der Waals surface area contributed by atoms with Crippen LogP contribution in [0.15, 0.2) is 24.3 Å². The Balaban J connectivity index is 2.30. The number of carbonyl (C=O) groups excluding carboxylic acids is 1. The van der Waals surface area contributed by atoms with Crippen molar-refractivity contribution in [3.05, 3.63) is 29.8 Å². The molecule has 0 saturated heterocycles. The van der Waals surface area contributed by atoms with Gasteiger partial charge in [-0.15, -0.1) is 0 Å². The maximum absolute atomic E-state index is 11.5. The third-order valence-electron chi connectivity index (χ3n) is 2.81. The van der Waals surface area contributed by atoms with Gasteiger partial charge in [0.15, 0.2) is 0 Å². The summed E-state index contributed by atoms with van der Waals surface area (Å²) in [6.07, 6.45) is 0.156. The van der Waals surface area contributed by atoms with Gasteiger partial charge >= 0.3 is 6.09 Å². The van der Waals surface area contributed by atoms with Crippen molar-refractivity contribution in [2.75, 3.05) is 33.8 Å². The van der Waals surface area contributed by atoms with Crippen LogP contribution in [-0.4, -0.2) is 50.4 Å². The molecule has 5 heteroatoms. The third kappa shape index (κ3) is 9.75. The highest BCUT2D eigenvalue weighted by Crippen LogP contribution is 2.11. The molecule has 0 bridgehead atoms. The second kappa shape index (κ2) is 9.84. The van der Waals surface area contributed by atoms with E-state index in [1.165, 1.54) is 0 Å². The summed E-state index contributed by atoms with van der Waals surface area (Å²) in [5.41, 5.74) is 0.443. The lowest BCUT2D eigenvalue weighted by Crippen LogP contribution is -2.32. The van der Waals surface area contributed by atoms with Gasteiger partial charge in [-0.2, -0.15) is 0 Å². The fraction of sp³-hybridized carbons (Fsp3) is 0.526. The number of likely N-dealkylation sites (N-methyl/N-ethyl adjacent to an activating group) is 1. The molecule has 0 atom stereocenters. The van der Waals surface area contributed by atoms with E-state index in [2.05, 4.69) is 22.1 Å². The van der Waals surface area contributed by atoms with Crippen molar-refractivity contribution in [3.8, 4) is 17.6 Å². The van der Waals surface area contributed by atoms with E-state index in [9.17, 15) is 4.79 Å². The van der Waals surface area contributed by atoms with Gasteiger partial charge in [-0.05, 0) is 59.1 Å². The molecule has 1 aromatic rings. The zero-order valence-corrected chi connectivity index (χ0v) is 15.3. The molecule has 24 heavy (non-hydrogen) atoms. The number of rotatable bonds is 6. The summed E-state index contributed by atoms with van der Waals surface area (Å²) in [7, 11) is 4.03. The Hall–Kier alpha value is -2.19. The zero-order valence-electron chi connectivity index (χ0n) is 15.3. The lowest BCUT2D eigenvalue weighted by molar-refractivity contribution is 0.0529. The first-order chi connectivity index (χ1) is 11.3. The molecular weight excluding hydrogens is 304 g/mol. The highest BCUT2D eigenvalue weighted by molar-refractivity contribution is 5.67. The normalized spacial score (nSPS) is 10.8. The number of ether oxygens (including phenoxy) is 2. The summed E-state index contributed by atoms with van der Waals surface area (Å²) >= 11 is 0. The summed E-state index contributed by atoms with van der Waals surface area (Å²) in [6.45, 7) is 7.51. The molecule has 0 aromatic heterocycles. The predicted molar refractivity (Wildman–Crippen MR) is 96.2 cm³/mol. The van der Waals surface area contributed by atoms with E-state index in [4.69, 9.17) is 9.47 Å². The standard InChI is InChI=1S/C19H28N2O3/c1-19(2,3)24-18(22)20-13-7-6-8-16-9-11-17(12-10-16)23-15-14-21(4)5/h9-12H,7,13-15H2,1-5H3,(H,20,22). The lowest BCUT2D eigenvalue weighted by Gasteiger charge is -2.19. The number of nitrogens with zero attached hydrogens (tertiary/aromatic N) is 1. The van der Waals surface area contributed by atoms with Crippen molar-refractivity contribution in [3.63, 3.8) is 0 Å². The average Bonchev–Trinajstić information content (AvgIpc) is 2.46. The van der Waals surface area contributed by atoms with Crippen LogP contribution in [-0.2, 0) is 4.74 Å². The second-order valence-electron chi connectivity index (χ2n) is 6.66. The molecular formula is C19H28N2O3. The zero-order chi connectivity index (χ0) is 18.0. The van der Waals surface area contributed by atoms with Gasteiger partial charge in [0.1, 0.15) is 18.0 Å². The van der Waals surface area contributed by atoms with Crippen LogP contribution in [0.3, 0.4) is 0 Å². The minimum atomic E-state index is -0.480. The number of hydrogen-bond acceptors (Lipinski definition) is 4. The van der Waals surface area contributed by atoms with Gasteiger partial charge in [-0.25, -0.2) is 4.79 Å². The number of hydrogen-bond donors (Lipinski definition) is 1. The van der Waals surface area contributed by atoms with Crippen molar-refractivity contribution in [1.29, 1.82) is 0 Å². The first-order valence-corrected chi connectivity index (χ1v) is 8.09. The van der Waals surface area contributed by atoms with Crippen LogP contribution in [0, 0.1) is 11.8 Å². The summed E-state index contributed by atoms with van der Waals surface area (Å²) in [4.78, 5) is 13.5. The molecule has 0 aliphatic rings. The minimum Gasteiger partial charge on any atom is -0.492 e. The molecule has 0 fully saturated rings. The molecule has 0 radical (unpaired) electrons. The van der Waals surface area contributed by atoms with Crippen LogP contribution in [0.5, 0.6) is 5.75 Å². The van der Waals surface area contributed by atoms with Gasteiger partial charge in [0.25, 0.3) is 0 Å². The molecule has 0 saturated carbocycles. The first kappa shape index (κ1) is 19.9. The monoisotopic (exact) mass is 332 g/mol. The van der Waals surface area contributed by atoms with E-state index in [-0.39, 0.29) is 0 Å². The number of alkyl carbamates (subject to hydrolysis) is 1. The van der Waals surface area contributed by atoms with Crippen molar-refractivity contribution in [2.24, 2.45) is 0 Å². The summed E-state index contributed by atoms with van der Waals surface area (Å²) in [5, 5.41) is 2.68. The van der Waals surface area contributed by atoms with E-state index >= 15 is 0 Å². The fourth-order valence-electron chi connectivity index (χ4n) is 1.69. The van der Waals surface area contributed by atoms with E-state index in [1.54, 1.807) is 0 Å². The Morgan fingerprint density at radius 2 is 1.88 bits per heavy atom. The molecule has 0 unspecified atom stereocenters. The molecule has 0 spiro atoms.